The normalized spacial score (nSPS) is 17.4. The summed E-state index contributed by atoms with van der Waals surface area (Å²) in [6, 6.07) is 11.1. The van der Waals surface area contributed by atoms with Gasteiger partial charge in [-0.15, -0.1) is 0 Å². The van der Waals surface area contributed by atoms with E-state index in [0.717, 1.165) is 10.0 Å². The van der Waals surface area contributed by atoms with Gasteiger partial charge in [0.05, 0.1) is 0 Å². The van der Waals surface area contributed by atoms with Crippen LogP contribution in [-0.2, 0) is 31.5 Å². The Morgan fingerprint density at radius 2 is 1.55 bits per heavy atom. The van der Waals surface area contributed by atoms with Crippen LogP contribution in [0.4, 0.5) is 36.8 Å². The molecule has 0 bridgehead atoms. The maximum atomic E-state index is 14.4. The van der Waals surface area contributed by atoms with Gasteiger partial charge in [-0.3, -0.25) is 14.7 Å². The van der Waals surface area contributed by atoms with Gasteiger partial charge in [0, 0.05) is 34.6 Å². The van der Waals surface area contributed by atoms with Gasteiger partial charge in [0.25, 0.3) is 0 Å². The Labute approximate surface area is 308 Å². The van der Waals surface area contributed by atoms with E-state index in [0.29, 0.717) is 32.2 Å². The number of halogens is 7. The average molecular weight is 820 g/mol. The lowest BCUT2D eigenvalue weighted by molar-refractivity contribution is -0.311. The molecule has 1 fully saturated rings. The number of hydrogen-bond donors (Lipinski definition) is 5. The summed E-state index contributed by atoms with van der Waals surface area (Å²) in [6.07, 6.45) is 2.02. The van der Waals surface area contributed by atoms with Crippen LogP contribution in [-0.4, -0.2) is 74.2 Å². The summed E-state index contributed by atoms with van der Waals surface area (Å²) >= 11 is 3.36. The summed E-state index contributed by atoms with van der Waals surface area (Å²) in [5.41, 5.74) is 0.244. The molecule has 0 saturated heterocycles. The molecular formula is C34H37BrF6N6O6. The number of nitrogens with one attached hydrogen (secondary N) is 4. The number of ether oxygens (including phenoxy) is 1. The number of alkyl halides is 6. The zero-order chi connectivity index (χ0) is 39.4. The molecule has 1 aromatic heterocycles. The maximum absolute atomic E-state index is 14.4. The van der Waals surface area contributed by atoms with Crippen molar-refractivity contribution < 1.29 is 55.4 Å². The molecule has 1 heterocycles. The van der Waals surface area contributed by atoms with Crippen LogP contribution in [0, 0.1) is 11.8 Å². The molecule has 1 atom stereocenters. The Morgan fingerprint density at radius 3 is 2.11 bits per heavy atom. The predicted molar refractivity (Wildman–Crippen MR) is 181 cm³/mol. The number of anilines is 1. The Morgan fingerprint density at radius 1 is 0.943 bits per heavy atom. The van der Waals surface area contributed by atoms with Crippen LogP contribution in [0.1, 0.15) is 57.8 Å². The second kappa shape index (κ2) is 16.1. The lowest BCUT2D eigenvalue weighted by Crippen LogP contribution is -2.56. The molecule has 0 spiro atoms. The Balaban J connectivity index is 1.41. The molecule has 1 saturated carbocycles. The molecule has 12 nitrogen and oxygen atoms in total. The minimum atomic E-state index is -6.36. The van der Waals surface area contributed by atoms with E-state index in [2.05, 4.69) is 42.0 Å². The van der Waals surface area contributed by atoms with E-state index in [1.54, 1.807) is 45.0 Å². The lowest BCUT2D eigenvalue weighted by atomic mass is 9.81. The van der Waals surface area contributed by atoms with E-state index in [9.17, 15) is 45.5 Å². The Kier molecular flexibility index (Phi) is 12.5. The van der Waals surface area contributed by atoms with Crippen LogP contribution < -0.4 is 16.0 Å². The number of carbonyl (C=O) groups excluding carboxylic acids is 3. The smallest absolute Gasteiger partial charge is 0.411 e. The monoisotopic (exact) mass is 818 g/mol. The molecule has 4 rings (SSSR count). The summed E-state index contributed by atoms with van der Waals surface area (Å²) in [4.78, 5) is 52.7. The first kappa shape index (κ1) is 41.1. The van der Waals surface area contributed by atoms with Crippen molar-refractivity contribution in [3.05, 3.63) is 64.4 Å². The van der Waals surface area contributed by atoms with Crippen molar-refractivity contribution in [2.24, 2.45) is 11.8 Å². The SMILES string of the molecule is CC(C)(C)OC(=O)NCC1CCC(C(=O)NC(Cc2ccc(Br)cc2)C(=O)Nc2ccc(-c3n[nH]c(C(F)(F)C(F)(F)C(F)(F)C(=O)O)n3)cc2)CC1. The zero-order valence-electron chi connectivity index (χ0n) is 28.6. The van der Waals surface area contributed by atoms with Crippen LogP contribution >= 0.6 is 15.9 Å². The first-order valence-corrected chi connectivity index (χ1v) is 17.1. The highest BCUT2D eigenvalue weighted by Gasteiger charge is 2.77. The fourth-order valence-electron chi connectivity index (χ4n) is 5.47. The first-order valence-electron chi connectivity index (χ1n) is 16.3. The van der Waals surface area contributed by atoms with Crippen LogP contribution in [0.5, 0.6) is 0 Å². The van der Waals surface area contributed by atoms with E-state index < -0.39 is 59.0 Å². The largest absolute Gasteiger partial charge is 0.477 e. The van der Waals surface area contributed by atoms with Gasteiger partial charge in [-0.25, -0.2) is 14.6 Å². The number of nitrogens with zero attached hydrogens (tertiary/aromatic N) is 2. The third-order valence-corrected chi connectivity index (χ3v) is 8.92. The van der Waals surface area contributed by atoms with Crippen molar-refractivity contribution in [1.82, 2.24) is 25.8 Å². The van der Waals surface area contributed by atoms with Crippen LogP contribution in [0.3, 0.4) is 0 Å². The van der Waals surface area contributed by atoms with E-state index in [4.69, 9.17) is 9.84 Å². The topological polar surface area (TPSA) is 175 Å². The lowest BCUT2D eigenvalue weighted by Gasteiger charge is -2.29. The summed E-state index contributed by atoms with van der Waals surface area (Å²) in [6.45, 7) is 5.70. The zero-order valence-corrected chi connectivity index (χ0v) is 30.2. The second-order valence-corrected chi connectivity index (χ2v) is 14.5. The van der Waals surface area contributed by atoms with Crippen molar-refractivity contribution in [1.29, 1.82) is 0 Å². The number of alkyl carbamates (subject to hydrolysis) is 1. The Hall–Kier alpha value is -4.68. The number of carboxylic acids is 1. The number of aliphatic carboxylic acids is 1. The van der Waals surface area contributed by atoms with Gasteiger partial charge in [-0.05, 0) is 94.3 Å². The summed E-state index contributed by atoms with van der Waals surface area (Å²) in [5.74, 6) is -25.4. The van der Waals surface area contributed by atoms with Gasteiger partial charge in [0.1, 0.15) is 11.6 Å². The molecule has 0 aliphatic heterocycles. The molecule has 0 radical (unpaired) electrons. The highest BCUT2D eigenvalue weighted by molar-refractivity contribution is 9.10. The number of hydrogen-bond acceptors (Lipinski definition) is 7. The Bertz CT molecular complexity index is 1780. The fourth-order valence-corrected chi connectivity index (χ4v) is 5.73. The molecular weight excluding hydrogens is 782 g/mol. The number of aromatic nitrogens is 3. The molecule has 288 valence electrons. The van der Waals surface area contributed by atoms with E-state index in [1.807, 2.05) is 0 Å². The second-order valence-electron chi connectivity index (χ2n) is 13.6. The van der Waals surface area contributed by atoms with E-state index >= 15 is 0 Å². The van der Waals surface area contributed by atoms with Gasteiger partial charge in [0.15, 0.2) is 5.82 Å². The number of carboxylic acid groups (broad SMARTS) is 1. The van der Waals surface area contributed by atoms with Gasteiger partial charge in [-0.1, -0.05) is 28.1 Å². The van der Waals surface area contributed by atoms with Crippen molar-refractivity contribution in [2.75, 3.05) is 11.9 Å². The van der Waals surface area contributed by atoms with Gasteiger partial charge in [-0.2, -0.15) is 31.4 Å². The molecule has 2 aromatic carbocycles. The predicted octanol–water partition coefficient (Wildman–Crippen LogP) is 6.68. The number of amides is 3. The maximum Gasteiger partial charge on any atom is 0.411 e. The summed E-state index contributed by atoms with van der Waals surface area (Å²) in [5, 5.41) is 21.5. The molecule has 1 aliphatic rings. The van der Waals surface area contributed by atoms with Gasteiger partial charge >= 0.3 is 29.8 Å². The van der Waals surface area contributed by atoms with Crippen molar-refractivity contribution >= 4 is 45.5 Å². The minimum Gasteiger partial charge on any atom is -0.477 e. The van der Waals surface area contributed by atoms with Crippen LogP contribution in [0.2, 0.25) is 0 Å². The standard InChI is InChI=1S/C34H37BrF6N6O6/c1-31(2,3)53-30(52)42-17-19-4-8-21(9-5-19)26(48)44-24(16-18-6-12-22(35)13-7-18)27(49)43-23-14-10-20(11-15-23)25-45-28(47-46-25)32(36,37)34(40,41)33(38,39)29(50)51/h6-7,10-15,19,21,24H,4-5,8-9,16-17H2,1-3H3,(H,42,52)(H,43,49)(H,44,48)(H,50,51)(H,45,46,47). The first-order chi connectivity index (χ1) is 24.6. The molecule has 3 aromatic rings. The summed E-state index contributed by atoms with van der Waals surface area (Å²) < 4.78 is 89.7. The van der Waals surface area contributed by atoms with E-state index in [-0.39, 0.29) is 35.4 Å². The van der Waals surface area contributed by atoms with Gasteiger partial charge in [0.2, 0.25) is 17.6 Å². The van der Waals surface area contributed by atoms with Crippen molar-refractivity contribution in [2.45, 2.75) is 82.3 Å². The molecule has 1 unspecified atom stereocenters. The van der Waals surface area contributed by atoms with Crippen molar-refractivity contribution in [3.63, 3.8) is 0 Å². The van der Waals surface area contributed by atoms with E-state index in [1.165, 1.54) is 29.4 Å². The minimum absolute atomic E-state index is 0.0498. The number of aromatic amines is 1. The van der Waals surface area contributed by atoms with Gasteiger partial charge < -0.3 is 25.8 Å². The number of rotatable bonds is 13. The third kappa shape index (κ3) is 10.1. The number of H-pyrrole nitrogens is 1. The van der Waals surface area contributed by atoms with Crippen molar-refractivity contribution in [3.8, 4) is 11.4 Å². The molecule has 19 heteroatoms. The summed E-state index contributed by atoms with van der Waals surface area (Å²) in [7, 11) is 0. The average Bonchev–Trinajstić information content (AvgIpc) is 3.59. The fraction of sp³-hybridized carbons (Fsp3) is 0.471. The van der Waals surface area contributed by atoms with Crippen LogP contribution in [0.25, 0.3) is 11.4 Å². The number of benzene rings is 2. The highest BCUT2D eigenvalue weighted by Crippen LogP contribution is 2.50. The quantitative estimate of drug-likeness (QED) is 0.119. The molecule has 1 aliphatic carbocycles. The van der Waals surface area contributed by atoms with Crippen LogP contribution in [0.15, 0.2) is 53.0 Å². The third-order valence-electron chi connectivity index (χ3n) is 8.39. The highest BCUT2D eigenvalue weighted by atomic mass is 79.9. The molecule has 3 amide bonds. The number of carbonyl (C=O) groups is 4. The molecule has 5 N–H and O–H groups in total. The molecule has 53 heavy (non-hydrogen) atoms.